The lowest BCUT2D eigenvalue weighted by Crippen LogP contribution is -2.19. The molecule has 0 saturated carbocycles. The Bertz CT molecular complexity index is 469. The number of thioether (sulfide) groups is 1. The second-order valence-electron chi connectivity index (χ2n) is 4.69. The van der Waals surface area contributed by atoms with E-state index < -0.39 is 17.6 Å². The first-order valence-electron chi connectivity index (χ1n) is 5.85. The van der Waals surface area contributed by atoms with Crippen LogP contribution >= 0.6 is 11.8 Å². The molecule has 1 unspecified atom stereocenters. The molecule has 0 bridgehead atoms. The predicted octanol–water partition coefficient (Wildman–Crippen LogP) is 4.13. The molecule has 0 aromatic heterocycles. The van der Waals surface area contributed by atoms with Crippen molar-refractivity contribution in [3.63, 3.8) is 0 Å². The van der Waals surface area contributed by atoms with E-state index >= 15 is 0 Å². The summed E-state index contributed by atoms with van der Waals surface area (Å²) in [5, 5.41) is 7.56. The Hall–Kier alpha value is -1.17. The van der Waals surface area contributed by atoms with Crippen molar-refractivity contribution in [1.29, 1.82) is 5.41 Å². The summed E-state index contributed by atoms with van der Waals surface area (Å²) in [6.07, 6.45) is -4.49. The van der Waals surface area contributed by atoms with Gasteiger partial charge in [0.25, 0.3) is 0 Å². The van der Waals surface area contributed by atoms with Crippen molar-refractivity contribution in [1.82, 2.24) is 0 Å². The van der Waals surface area contributed by atoms with Crippen LogP contribution in [0.15, 0.2) is 23.1 Å². The van der Waals surface area contributed by atoms with Crippen molar-refractivity contribution in [2.75, 3.05) is 0 Å². The summed E-state index contributed by atoms with van der Waals surface area (Å²) in [6, 6.07) is 3.76. The number of benzene rings is 1. The van der Waals surface area contributed by atoms with Gasteiger partial charge in [-0.3, -0.25) is 5.41 Å². The Kier molecular flexibility index (Phi) is 4.90. The Morgan fingerprint density at radius 2 is 1.84 bits per heavy atom. The predicted molar refractivity (Wildman–Crippen MR) is 72.6 cm³/mol. The van der Waals surface area contributed by atoms with Gasteiger partial charge in [0, 0.05) is 15.7 Å². The highest BCUT2D eigenvalue weighted by Gasteiger charge is 2.34. The number of hydrogen-bond donors (Lipinski definition) is 2. The minimum absolute atomic E-state index is 0.256. The summed E-state index contributed by atoms with van der Waals surface area (Å²) >= 11 is 1.48. The van der Waals surface area contributed by atoms with Gasteiger partial charge in [0.1, 0.15) is 5.84 Å². The highest BCUT2D eigenvalue weighted by atomic mass is 32.2. The lowest BCUT2D eigenvalue weighted by Gasteiger charge is -2.17. The second kappa shape index (κ2) is 5.86. The number of rotatable bonds is 4. The van der Waals surface area contributed by atoms with E-state index in [0.717, 1.165) is 6.07 Å². The number of halogens is 3. The molecule has 3 N–H and O–H groups in total. The minimum Gasteiger partial charge on any atom is -0.384 e. The maximum atomic E-state index is 12.8. The summed E-state index contributed by atoms with van der Waals surface area (Å²) in [6.45, 7) is 6.11. The molecule has 0 fully saturated rings. The molecule has 0 spiro atoms. The zero-order valence-electron chi connectivity index (χ0n) is 11.0. The number of amidine groups is 1. The second-order valence-corrected chi connectivity index (χ2v) is 6.14. The number of nitrogens with two attached hydrogens (primary N) is 1. The van der Waals surface area contributed by atoms with Crippen molar-refractivity contribution in [2.45, 2.75) is 37.1 Å². The van der Waals surface area contributed by atoms with Crippen LogP contribution in [0.5, 0.6) is 0 Å². The molecule has 6 heteroatoms. The topological polar surface area (TPSA) is 49.9 Å². The highest BCUT2D eigenvalue weighted by Crippen LogP contribution is 2.35. The molecule has 19 heavy (non-hydrogen) atoms. The van der Waals surface area contributed by atoms with E-state index in [1.807, 2.05) is 20.8 Å². The maximum Gasteiger partial charge on any atom is 0.417 e. The van der Waals surface area contributed by atoms with Crippen molar-refractivity contribution >= 4 is 17.6 Å². The number of alkyl halides is 3. The van der Waals surface area contributed by atoms with E-state index in [0.29, 0.717) is 10.8 Å². The highest BCUT2D eigenvalue weighted by molar-refractivity contribution is 8.00. The van der Waals surface area contributed by atoms with Gasteiger partial charge >= 0.3 is 6.18 Å². The van der Waals surface area contributed by atoms with Crippen LogP contribution in [0.1, 0.15) is 31.9 Å². The third-order valence-corrected chi connectivity index (χ3v) is 4.29. The van der Waals surface area contributed by atoms with E-state index in [1.165, 1.54) is 23.9 Å². The lowest BCUT2D eigenvalue weighted by molar-refractivity contribution is -0.137. The molecule has 0 aliphatic carbocycles. The molecule has 0 aliphatic heterocycles. The Balaban J connectivity index is 3.14. The van der Waals surface area contributed by atoms with Crippen LogP contribution in [0.25, 0.3) is 0 Å². The first kappa shape index (κ1) is 15.9. The van der Waals surface area contributed by atoms with Gasteiger partial charge in [0.2, 0.25) is 0 Å². The SMILES string of the molecule is CC(C)C(C)Sc1ccc(C(F)(F)F)c(C(=N)N)c1. The van der Waals surface area contributed by atoms with Gasteiger partial charge < -0.3 is 5.73 Å². The minimum atomic E-state index is -4.49. The molecular formula is C13H17F3N2S. The van der Waals surface area contributed by atoms with Crippen LogP contribution < -0.4 is 5.73 Å². The van der Waals surface area contributed by atoms with Gasteiger partial charge in [0.05, 0.1) is 5.56 Å². The largest absolute Gasteiger partial charge is 0.417 e. The van der Waals surface area contributed by atoms with Gasteiger partial charge in [-0.25, -0.2) is 0 Å². The monoisotopic (exact) mass is 290 g/mol. The summed E-state index contributed by atoms with van der Waals surface area (Å²) in [5.41, 5.74) is 4.13. The molecule has 0 radical (unpaired) electrons. The van der Waals surface area contributed by atoms with E-state index in [1.54, 1.807) is 0 Å². The summed E-state index contributed by atoms with van der Waals surface area (Å²) in [5.74, 6) is -0.153. The number of nitrogens with one attached hydrogen (secondary N) is 1. The van der Waals surface area contributed by atoms with Gasteiger partial charge in [-0.15, -0.1) is 11.8 Å². The molecule has 1 rings (SSSR count). The van der Waals surface area contributed by atoms with Crippen LogP contribution in [-0.2, 0) is 6.18 Å². The van der Waals surface area contributed by atoms with Crippen molar-refractivity contribution in [3.8, 4) is 0 Å². The summed E-state index contributed by atoms with van der Waals surface area (Å²) in [4.78, 5) is 0.694. The quantitative estimate of drug-likeness (QED) is 0.498. The molecule has 106 valence electrons. The summed E-state index contributed by atoms with van der Waals surface area (Å²) < 4.78 is 38.3. The molecule has 2 nitrogen and oxygen atoms in total. The first-order chi connectivity index (χ1) is 8.62. The fourth-order valence-electron chi connectivity index (χ4n) is 1.42. The van der Waals surface area contributed by atoms with Crippen LogP contribution in [0.2, 0.25) is 0 Å². The van der Waals surface area contributed by atoms with Gasteiger partial charge in [-0.05, 0) is 24.1 Å². The van der Waals surface area contributed by atoms with Crippen molar-refractivity contribution < 1.29 is 13.2 Å². The Morgan fingerprint density at radius 3 is 2.26 bits per heavy atom. The molecule has 0 aliphatic rings. The number of nitrogen functional groups attached to an aromatic ring is 1. The van der Waals surface area contributed by atoms with Crippen molar-refractivity contribution in [2.24, 2.45) is 11.7 Å². The molecule has 0 saturated heterocycles. The van der Waals surface area contributed by atoms with Crippen molar-refractivity contribution in [3.05, 3.63) is 29.3 Å². The molecule has 1 atom stereocenters. The Labute approximate surface area is 115 Å². The zero-order valence-corrected chi connectivity index (χ0v) is 11.8. The lowest BCUT2D eigenvalue weighted by atomic mass is 10.1. The summed E-state index contributed by atoms with van der Waals surface area (Å²) in [7, 11) is 0. The van der Waals surface area contributed by atoms with E-state index in [9.17, 15) is 13.2 Å². The fourth-order valence-corrected chi connectivity index (χ4v) is 2.45. The molecule has 0 heterocycles. The third kappa shape index (κ3) is 4.16. The first-order valence-corrected chi connectivity index (χ1v) is 6.73. The average molecular weight is 290 g/mol. The van der Waals surface area contributed by atoms with Crippen LogP contribution in [0.3, 0.4) is 0 Å². The van der Waals surface area contributed by atoms with Gasteiger partial charge in [0.15, 0.2) is 0 Å². The van der Waals surface area contributed by atoms with Gasteiger partial charge in [-0.2, -0.15) is 13.2 Å². The third-order valence-electron chi connectivity index (χ3n) is 2.85. The van der Waals surface area contributed by atoms with E-state index in [-0.39, 0.29) is 10.8 Å². The van der Waals surface area contributed by atoms with Crippen LogP contribution in [0, 0.1) is 11.3 Å². The Morgan fingerprint density at radius 1 is 1.26 bits per heavy atom. The standard InChI is InChI=1S/C13H17F3N2S/c1-7(2)8(3)19-9-4-5-11(13(14,15)16)10(6-9)12(17)18/h4-8H,1-3H3,(H3,17,18). The fraction of sp³-hybridized carbons (Fsp3) is 0.462. The van der Waals surface area contributed by atoms with E-state index in [4.69, 9.17) is 11.1 Å². The van der Waals surface area contributed by atoms with Crippen LogP contribution in [0.4, 0.5) is 13.2 Å². The van der Waals surface area contributed by atoms with E-state index in [2.05, 4.69) is 0 Å². The maximum absolute atomic E-state index is 12.8. The zero-order chi connectivity index (χ0) is 14.8. The smallest absolute Gasteiger partial charge is 0.384 e. The molecule has 1 aromatic carbocycles. The van der Waals surface area contributed by atoms with Gasteiger partial charge in [-0.1, -0.05) is 20.8 Å². The van der Waals surface area contributed by atoms with Crippen LogP contribution in [-0.4, -0.2) is 11.1 Å². The molecule has 0 amide bonds. The number of hydrogen-bond acceptors (Lipinski definition) is 2. The molecular weight excluding hydrogens is 273 g/mol. The normalized spacial score (nSPS) is 13.6. The average Bonchev–Trinajstić information content (AvgIpc) is 2.27. The molecule has 1 aromatic rings.